The van der Waals surface area contributed by atoms with Gasteiger partial charge in [-0.2, -0.15) is 0 Å². The minimum Gasteiger partial charge on any atom is -0.478 e. The topological polar surface area (TPSA) is 78.4 Å². The van der Waals surface area contributed by atoms with Crippen molar-refractivity contribution in [2.24, 2.45) is 0 Å². The van der Waals surface area contributed by atoms with Gasteiger partial charge in [0.25, 0.3) is 0 Å². The van der Waals surface area contributed by atoms with E-state index in [0.29, 0.717) is 0 Å². The number of anilines is 1. The van der Waals surface area contributed by atoms with Crippen LogP contribution >= 0.6 is 0 Å². The number of carbonyl (C=O) groups excluding carboxylic acids is 1. The largest absolute Gasteiger partial charge is 0.478 e. The van der Waals surface area contributed by atoms with Crippen molar-refractivity contribution in [3.05, 3.63) is 29.6 Å². The number of para-hydroxylation sites is 1. The van der Waals surface area contributed by atoms with Gasteiger partial charge in [-0.25, -0.2) is 14.0 Å². The molecule has 0 aromatic heterocycles. The second kappa shape index (κ2) is 6.72. The number of carboxylic acids is 1. The molecule has 0 saturated carbocycles. The molecule has 2 amide bonds. The van der Waals surface area contributed by atoms with E-state index in [4.69, 9.17) is 5.11 Å². The third-order valence-electron chi connectivity index (χ3n) is 2.58. The van der Waals surface area contributed by atoms with Gasteiger partial charge in [-0.15, -0.1) is 0 Å². The highest BCUT2D eigenvalue weighted by Gasteiger charge is 2.17. The predicted molar refractivity (Wildman–Crippen MR) is 69.9 cm³/mol. The molecule has 104 valence electrons. The first-order chi connectivity index (χ1) is 8.95. The van der Waals surface area contributed by atoms with Crippen LogP contribution in [0.2, 0.25) is 0 Å². The highest BCUT2D eigenvalue weighted by atomic mass is 19.1. The number of nitrogens with one attached hydrogen (secondary N) is 2. The lowest BCUT2D eigenvalue weighted by molar-refractivity contribution is 0.0697. The van der Waals surface area contributed by atoms with Gasteiger partial charge in [0.15, 0.2) is 0 Å². The minimum atomic E-state index is -1.29. The molecule has 1 unspecified atom stereocenters. The molecule has 3 N–H and O–H groups in total. The van der Waals surface area contributed by atoms with Gasteiger partial charge in [0.05, 0.1) is 11.3 Å². The quantitative estimate of drug-likeness (QED) is 0.768. The van der Waals surface area contributed by atoms with E-state index < -0.39 is 17.8 Å². The van der Waals surface area contributed by atoms with E-state index in [0.717, 1.165) is 18.9 Å². The SMILES string of the molecule is CCCC(C)NC(=O)Nc1c(F)cccc1C(=O)O. The lowest BCUT2D eigenvalue weighted by atomic mass is 10.1. The number of carbonyl (C=O) groups is 2. The van der Waals surface area contributed by atoms with Crippen LogP contribution < -0.4 is 10.6 Å². The van der Waals surface area contributed by atoms with Crippen molar-refractivity contribution in [2.75, 3.05) is 5.32 Å². The highest BCUT2D eigenvalue weighted by Crippen LogP contribution is 2.19. The van der Waals surface area contributed by atoms with E-state index in [1.54, 1.807) is 0 Å². The Morgan fingerprint density at radius 1 is 1.42 bits per heavy atom. The summed E-state index contributed by atoms with van der Waals surface area (Å²) in [6, 6.07) is 2.92. The van der Waals surface area contributed by atoms with Crippen LogP contribution in [0, 0.1) is 5.82 Å². The van der Waals surface area contributed by atoms with Gasteiger partial charge in [0, 0.05) is 6.04 Å². The molecular formula is C13H17FN2O3. The van der Waals surface area contributed by atoms with E-state index in [-0.39, 0.29) is 17.3 Å². The van der Waals surface area contributed by atoms with Crippen molar-refractivity contribution in [1.82, 2.24) is 5.32 Å². The summed E-state index contributed by atoms with van der Waals surface area (Å²) in [7, 11) is 0. The summed E-state index contributed by atoms with van der Waals surface area (Å²) >= 11 is 0. The van der Waals surface area contributed by atoms with E-state index in [1.807, 2.05) is 13.8 Å². The number of urea groups is 1. The van der Waals surface area contributed by atoms with Crippen LogP contribution in [-0.2, 0) is 0 Å². The number of benzene rings is 1. The number of hydrogen-bond acceptors (Lipinski definition) is 2. The van der Waals surface area contributed by atoms with Gasteiger partial charge in [0.1, 0.15) is 5.82 Å². The first kappa shape index (κ1) is 14.9. The van der Waals surface area contributed by atoms with Crippen LogP contribution in [-0.4, -0.2) is 23.1 Å². The van der Waals surface area contributed by atoms with Crippen molar-refractivity contribution in [3.8, 4) is 0 Å². The van der Waals surface area contributed by atoms with Crippen molar-refractivity contribution in [3.63, 3.8) is 0 Å². The molecule has 1 aromatic rings. The zero-order valence-corrected chi connectivity index (χ0v) is 10.9. The second-order valence-electron chi connectivity index (χ2n) is 4.26. The highest BCUT2D eigenvalue weighted by molar-refractivity contribution is 6.00. The molecule has 1 rings (SSSR count). The molecule has 0 radical (unpaired) electrons. The normalized spacial score (nSPS) is 11.7. The fourth-order valence-electron chi connectivity index (χ4n) is 1.71. The number of aromatic carboxylic acids is 1. The Bertz CT molecular complexity index is 477. The van der Waals surface area contributed by atoms with E-state index in [2.05, 4.69) is 10.6 Å². The van der Waals surface area contributed by atoms with Crippen molar-refractivity contribution in [2.45, 2.75) is 32.7 Å². The van der Waals surface area contributed by atoms with Gasteiger partial charge in [0.2, 0.25) is 0 Å². The molecule has 0 heterocycles. The van der Waals surface area contributed by atoms with Crippen LogP contribution in [0.1, 0.15) is 37.0 Å². The molecule has 6 heteroatoms. The number of hydrogen-bond donors (Lipinski definition) is 3. The summed E-state index contributed by atoms with van der Waals surface area (Å²) in [6.07, 6.45) is 1.69. The molecule has 1 atom stereocenters. The molecule has 5 nitrogen and oxygen atoms in total. The predicted octanol–water partition coefficient (Wildman–Crippen LogP) is 2.83. The van der Waals surface area contributed by atoms with E-state index >= 15 is 0 Å². The number of amides is 2. The Morgan fingerprint density at radius 3 is 2.68 bits per heavy atom. The molecule has 19 heavy (non-hydrogen) atoms. The van der Waals surface area contributed by atoms with Crippen LogP contribution in [0.4, 0.5) is 14.9 Å². The summed E-state index contributed by atoms with van der Waals surface area (Å²) in [5.41, 5.74) is -0.602. The standard InChI is InChI=1S/C13H17FN2O3/c1-3-5-8(2)15-13(19)16-11-9(12(17)18)6-4-7-10(11)14/h4,6-8H,3,5H2,1-2H3,(H,17,18)(H2,15,16,19). The molecule has 0 bridgehead atoms. The van der Waals surface area contributed by atoms with Crippen LogP contribution in [0.5, 0.6) is 0 Å². The minimum absolute atomic E-state index is 0.0648. The van der Waals surface area contributed by atoms with Crippen molar-refractivity contribution in [1.29, 1.82) is 0 Å². The van der Waals surface area contributed by atoms with Crippen molar-refractivity contribution < 1.29 is 19.1 Å². The Labute approximate surface area is 110 Å². The number of carboxylic acid groups (broad SMARTS) is 1. The second-order valence-corrected chi connectivity index (χ2v) is 4.26. The van der Waals surface area contributed by atoms with Gasteiger partial charge < -0.3 is 15.7 Å². The third-order valence-corrected chi connectivity index (χ3v) is 2.58. The van der Waals surface area contributed by atoms with Crippen LogP contribution in [0.25, 0.3) is 0 Å². The summed E-state index contributed by atoms with van der Waals surface area (Å²) in [6.45, 7) is 3.80. The third kappa shape index (κ3) is 4.24. The first-order valence-electron chi connectivity index (χ1n) is 6.05. The zero-order chi connectivity index (χ0) is 14.4. The smallest absolute Gasteiger partial charge is 0.337 e. The number of rotatable bonds is 5. The molecule has 0 spiro atoms. The number of halogens is 1. The maximum Gasteiger partial charge on any atom is 0.337 e. The average Bonchev–Trinajstić information content (AvgIpc) is 2.31. The monoisotopic (exact) mass is 268 g/mol. The Kier molecular flexibility index (Phi) is 5.29. The Hall–Kier alpha value is -2.11. The average molecular weight is 268 g/mol. The molecule has 0 fully saturated rings. The van der Waals surface area contributed by atoms with Gasteiger partial charge in [-0.3, -0.25) is 0 Å². The summed E-state index contributed by atoms with van der Waals surface area (Å²) in [4.78, 5) is 22.6. The van der Waals surface area contributed by atoms with Gasteiger partial charge in [-0.1, -0.05) is 19.4 Å². The first-order valence-corrected chi connectivity index (χ1v) is 6.05. The summed E-state index contributed by atoms with van der Waals surface area (Å²) in [5.74, 6) is -2.07. The Morgan fingerprint density at radius 2 is 2.11 bits per heavy atom. The molecular weight excluding hydrogens is 251 g/mol. The summed E-state index contributed by atoms with van der Waals surface area (Å²) in [5, 5.41) is 13.8. The van der Waals surface area contributed by atoms with Crippen molar-refractivity contribution >= 4 is 17.7 Å². The maximum atomic E-state index is 13.6. The van der Waals surface area contributed by atoms with Crippen LogP contribution in [0.15, 0.2) is 18.2 Å². The zero-order valence-electron chi connectivity index (χ0n) is 10.9. The van der Waals surface area contributed by atoms with Gasteiger partial charge >= 0.3 is 12.0 Å². The van der Waals surface area contributed by atoms with E-state index in [9.17, 15) is 14.0 Å². The molecule has 1 aromatic carbocycles. The lowest BCUT2D eigenvalue weighted by Gasteiger charge is -2.15. The van der Waals surface area contributed by atoms with Crippen LogP contribution in [0.3, 0.4) is 0 Å². The lowest BCUT2D eigenvalue weighted by Crippen LogP contribution is -2.36. The maximum absolute atomic E-state index is 13.6. The molecule has 0 aliphatic rings. The van der Waals surface area contributed by atoms with Gasteiger partial charge in [-0.05, 0) is 25.5 Å². The van der Waals surface area contributed by atoms with E-state index in [1.165, 1.54) is 12.1 Å². The Balaban J connectivity index is 2.82. The molecule has 0 saturated heterocycles. The fourth-order valence-corrected chi connectivity index (χ4v) is 1.71. The molecule has 0 aliphatic heterocycles. The fraction of sp³-hybridized carbons (Fsp3) is 0.385. The summed E-state index contributed by atoms with van der Waals surface area (Å²) < 4.78 is 13.6. The molecule has 0 aliphatic carbocycles.